The van der Waals surface area contributed by atoms with Crippen molar-refractivity contribution in [3.05, 3.63) is 103 Å². The van der Waals surface area contributed by atoms with Crippen LogP contribution < -0.4 is 5.32 Å². The van der Waals surface area contributed by atoms with E-state index >= 15 is 0 Å². The molecule has 0 unspecified atom stereocenters. The summed E-state index contributed by atoms with van der Waals surface area (Å²) >= 11 is 0. The van der Waals surface area contributed by atoms with Crippen LogP contribution in [-0.4, -0.2) is 25.4 Å². The summed E-state index contributed by atoms with van der Waals surface area (Å²) in [5.74, 6) is -0.110. The minimum absolute atomic E-state index is 0.110. The molecule has 0 radical (unpaired) electrons. The molecule has 0 saturated carbocycles. The van der Waals surface area contributed by atoms with Crippen LogP contribution in [0.2, 0.25) is 0 Å². The van der Waals surface area contributed by atoms with Gasteiger partial charge in [-0.25, -0.2) is 4.98 Å². The molecule has 0 aliphatic rings. The van der Waals surface area contributed by atoms with E-state index < -0.39 is 0 Å². The first-order valence-corrected chi connectivity index (χ1v) is 8.95. The molecule has 6 nitrogen and oxygen atoms in total. The molecule has 1 N–H and O–H groups in total. The second-order valence-electron chi connectivity index (χ2n) is 6.44. The zero-order valence-electron chi connectivity index (χ0n) is 15.2. The number of hydrogen-bond acceptors (Lipinski definition) is 4. The van der Waals surface area contributed by atoms with E-state index in [9.17, 15) is 4.79 Å². The minimum Gasteiger partial charge on any atom is -0.348 e. The van der Waals surface area contributed by atoms with E-state index in [1.54, 1.807) is 37.3 Å². The van der Waals surface area contributed by atoms with Crippen LogP contribution in [0.1, 0.15) is 21.5 Å². The van der Waals surface area contributed by atoms with E-state index in [0.717, 1.165) is 28.8 Å². The first-order chi connectivity index (χ1) is 13.8. The zero-order valence-corrected chi connectivity index (χ0v) is 15.2. The number of carbonyl (C=O) groups is 1. The van der Waals surface area contributed by atoms with E-state index in [-0.39, 0.29) is 5.91 Å². The summed E-state index contributed by atoms with van der Waals surface area (Å²) in [7, 11) is 0. The monoisotopic (exact) mass is 369 g/mol. The molecule has 0 spiro atoms. The summed E-state index contributed by atoms with van der Waals surface area (Å²) in [6.07, 6.45) is 12.5. The standard InChI is InChI=1S/C22H19N5O/c28-22(19-5-3-17(4-6-19)15-27-9-8-24-16-27)26-12-18-10-21(14-25-11-18)20-2-1-7-23-13-20/h1-11,13-14,16H,12,15H2,(H,26,28). The zero-order chi connectivity index (χ0) is 19.2. The molecule has 0 atom stereocenters. The number of hydrogen-bond donors (Lipinski definition) is 1. The highest BCUT2D eigenvalue weighted by Gasteiger charge is 2.07. The van der Waals surface area contributed by atoms with Crippen molar-refractivity contribution in [1.29, 1.82) is 0 Å². The van der Waals surface area contributed by atoms with E-state index in [2.05, 4.69) is 20.3 Å². The predicted molar refractivity (Wildman–Crippen MR) is 106 cm³/mol. The fourth-order valence-corrected chi connectivity index (χ4v) is 2.91. The van der Waals surface area contributed by atoms with E-state index in [1.807, 2.05) is 53.2 Å². The Kier molecular flexibility index (Phi) is 5.20. The maximum absolute atomic E-state index is 12.4. The Morgan fingerprint density at radius 3 is 2.50 bits per heavy atom. The van der Waals surface area contributed by atoms with E-state index in [4.69, 9.17) is 0 Å². The third-order valence-electron chi connectivity index (χ3n) is 4.38. The fraction of sp³-hybridized carbons (Fsp3) is 0.0909. The highest BCUT2D eigenvalue weighted by Crippen LogP contribution is 2.18. The Morgan fingerprint density at radius 1 is 0.893 bits per heavy atom. The lowest BCUT2D eigenvalue weighted by Crippen LogP contribution is -2.22. The second-order valence-corrected chi connectivity index (χ2v) is 6.44. The molecule has 0 bridgehead atoms. The summed E-state index contributed by atoms with van der Waals surface area (Å²) in [6, 6.07) is 13.5. The Bertz CT molecular complexity index is 1040. The highest BCUT2D eigenvalue weighted by molar-refractivity contribution is 5.94. The number of pyridine rings is 2. The van der Waals surface area contributed by atoms with E-state index in [0.29, 0.717) is 12.1 Å². The summed E-state index contributed by atoms with van der Waals surface area (Å²) in [5.41, 5.74) is 4.65. The maximum Gasteiger partial charge on any atom is 0.251 e. The van der Waals surface area contributed by atoms with Crippen molar-refractivity contribution in [3.8, 4) is 11.1 Å². The number of rotatable bonds is 6. The number of nitrogens with one attached hydrogen (secondary N) is 1. The number of nitrogens with zero attached hydrogens (tertiary/aromatic N) is 4. The molecule has 1 aromatic carbocycles. The molecule has 1 amide bonds. The average molecular weight is 369 g/mol. The number of carbonyl (C=O) groups excluding carboxylic acids is 1. The van der Waals surface area contributed by atoms with Crippen LogP contribution in [0.3, 0.4) is 0 Å². The van der Waals surface area contributed by atoms with Crippen LogP contribution in [-0.2, 0) is 13.1 Å². The van der Waals surface area contributed by atoms with Gasteiger partial charge in [-0.1, -0.05) is 18.2 Å². The third kappa shape index (κ3) is 4.29. The van der Waals surface area contributed by atoms with Crippen molar-refractivity contribution in [2.75, 3.05) is 0 Å². The van der Waals surface area contributed by atoms with Crippen LogP contribution in [0.4, 0.5) is 0 Å². The molecule has 138 valence electrons. The SMILES string of the molecule is O=C(NCc1cncc(-c2cccnc2)c1)c1ccc(Cn2ccnc2)cc1. The molecule has 6 heteroatoms. The second kappa shape index (κ2) is 8.26. The maximum atomic E-state index is 12.4. The summed E-state index contributed by atoms with van der Waals surface area (Å²) in [4.78, 5) is 24.9. The van der Waals surface area contributed by atoms with Gasteiger partial charge in [0.25, 0.3) is 5.91 Å². The summed E-state index contributed by atoms with van der Waals surface area (Å²) < 4.78 is 1.98. The van der Waals surface area contributed by atoms with Gasteiger partial charge in [0.2, 0.25) is 0 Å². The lowest BCUT2D eigenvalue weighted by molar-refractivity contribution is 0.0951. The molecular formula is C22H19N5O. The van der Waals surface area contributed by atoms with Crippen molar-refractivity contribution < 1.29 is 4.79 Å². The number of imidazole rings is 1. The van der Waals surface area contributed by atoms with Crippen molar-refractivity contribution >= 4 is 5.91 Å². The lowest BCUT2D eigenvalue weighted by Gasteiger charge is -2.08. The number of aromatic nitrogens is 4. The van der Waals surface area contributed by atoms with Gasteiger partial charge in [-0.2, -0.15) is 0 Å². The molecule has 4 aromatic rings. The molecule has 3 aromatic heterocycles. The molecule has 4 rings (SSSR count). The molecular weight excluding hydrogens is 350 g/mol. The van der Waals surface area contributed by atoms with Gasteiger partial charge in [-0.05, 0) is 35.4 Å². The average Bonchev–Trinajstić information content (AvgIpc) is 3.26. The first kappa shape index (κ1) is 17.6. The van der Waals surface area contributed by atoms with Gasteiger partial charge in [0, 0.05) is 67.0 Å². The van der Waals surface area contributed by atoms with E-state index in [1.165, 1.54) is 0 Å². The Hall–Kier alpha value is -3.80. The molecule has 3 heterocycles. The molecule has 0 saturated heterocycles. The van der Waals surface area contributed by atoms with Crippen LogP contribution in [0.25, 0.3) is 11.1 Å². The van der Waals surface area contributed by atoms with Gasteiger partial charge in [0.1, 0.15) is 0 Å². The molecule has 0 fully saturated rings. The Labute approximate surface area is 162 Å². The van der Waals surface area contributed by atoms with Crippen molar-refractivity contribution in [2.24, 2.45) is 0 Å². The molecule has 28 heavy (non-hydrogen) atoms. The normalized spacial score (nSPS) is 10.6. The first-order valence-electron chi connectivity index (χ1n) is 8.95. The van der Waals surface area contributed by atoms with Crippen LogP contribution in [0, 0.1) is 0 Å². The van der Waals surface area contributed by atoms with Gasteiger partial charge in [0.05, 0.1) is 6.33 Å². The lowest BCUT2D eigenvalue weighted by atomic mass is 10.1. The Balaban J connectivity index is 1.38. The largest absolute Gasteiger partial charge is 0.348 e. The smallest absolute Gasteiger partial charge is 0.251 e. The highest BCUT2D eigenvalue weighted by atomic mass is 16.1. The van der Waals surface area contributed by atoms with Gasteiger partial charge in [0.15, 0.2) is 0 Å². The molecule has 0 aliphatic carbocycles. The van der Waals surface area contributed by atoms with Gasteiger partial charge >= 0.3 is 0 Å². The van der Waals surface area contributed by atoms with Crippen molar-refractivity contribution in [3.63, 3.8) is 0 Å². The summed E-state index contributed by atoms with van der Waals surface area (Å²) in [6.45, 7) is 1.14. The Morgan fingerprint density at radius 2 is 1.75 bits per heavy atom. The fourth-order valence-electron chi connectivity index (χ4n) is 2.91. The van der Waals surface area contributed by atoms with Crippen LogP contribution in [0.5, 0.6) is 0 Å². The van der Waals surface area contributed by atoms with Gasteiger partial charge < -0.3 is 9.88 Å². The minimum atomic E-state index is -0.110. The summed E-state index contributed by atoms with van der Waals surface area (Å²) in [5, 5.41) is 2.95. The van der Waals surface area contributed by atoms with Crippen molar-refractivity contribution in [2.45, 2.75) is 13.1 Å². The van der Waals surface area contributed by atoms with Crippen molar-refractivity contribution in [1.82, 2.24) is 24.8 Å². The third-order valence-corrected chi connectivity index (χ3v) is 4.38. The number of benzene rings is 1. The molecule has 0 aliphatic heterocycles. The van der Waals surface area contributed by atoms with Crippen LogP contribution in [0.15, 0.2) is 86.0 Å². The van der Waals surface area contributed by atoms with Crippen LogP contribution >= 0.6 is 0 Å². The number of amides is 1. The van der Waals surface area contributed by atoms with Gasteiger partial charge in [-0.3, -0.25) is 14.8 Å². The predicted octanol–water partition coefficient (Wildman–Crippen LogP) is 3.32. The quantitative estimate of drug-likeness (QED) is 0.566. The topological polar surface area (TPSA) is 72.7 Å². The van der Waals surface area contributed by atoms with Gasteiger partial charge in [-0.15, -0.1) is 0 Å².